The number of hydrogen-bond acceptors (Lipinski definition) is 9. The van der Waals surface area contributed by atoms with E-state index in [1.165, 1.54) is 60.8 Å². The van der Waals surface area contributed by atoms with Crippen LogP contribution in [0.2, 0.25) is 0 Å². The maximum Gasteiger partial charge on any atom is 0.318 e. The average molecular weight is 576 g/mol. The molecule has 0 aliphatic carbocycles. The summed E-state index contributed by atoms with van der Waals surface area (Å²) >= 11 is 0. The van der Waals surface area contributed by atoms with Crippen LogP contribution in [0.5, 0.6) is 6.01 Å². The van der Waals surface area contributed by atoms with Crippen molar-refractivity contribution >= 4 is 33.5 Å². The fourth-order valence-corrected chi connectivity index (χ4v) is 7.49. The maximum atomic E-state index is 6.48. The lowest BCUT2D eigenvalue weighted by molar-refractivity contribution is 0.107. The van der Waals surface area contributed by atoms with E-state index in [1.807, 2.05) is 12.1 Å². The molecule has 5 aromatic rings. The van der Waals surface area contributed by atoms with Gasteiger partial charge in [-0.1, -0.05) is 37.3 Å². The summed E-state index contributed by atoms with van der Waals surface area (Å²) in [6.45, 7) is 7.19. The Morgan fingerprint density at radius 2 is 1.84 bits per heavy atom. The van der Waals surface area contributed by atoms with E-state index in [1.54, 1.807) is 6.20 Å². The number of hydrogen-bond donors (Lipinski definition) is 1. The Morgan fingerprint density at radius 1 is 0.977 bits per heavy atom. The Labute approximate surface area is 251 Å². The van der Waals surface area contributed by atoms with E-state index in [-0.39, 0.29) is 5.54 Å². The molecule has 3 aliphatic rings. The van der Waals surface area contributed by atoms with Crippen molar-refractivity contribution in [1.82, 2.24) is 24.8 Å². The molecule has 8 rings (SSSR count). The molecular formula is C34H37N7O2. The van der Waals surface area contributed by atoms with Gasteiger partial charge in [0.25, 0.3) is 0 Å². The normalized spacial score (nSPS) is 17.8. The Kier molecular flexibility index (Phi) is 6.62. The molecule has 0 radical (unpaired) electrons. The van der Waals surface area contributed by atoms with Gasteiger partial charge in [-0.25, -0.2) is 4.98 Å². The van der Waals surface area contributed by atoms with Crippen LogP contribution < -0.4 is 15.0 Å². The third-order valence-corrected chi connectivity index (χ3v) is 9.63. The number of oxazole rings is 1. The van der Waals surface area contributed by atoms with E-state index in [0.717, 1.165) is 36.5 Å². The van der Waals surface area contributed by atoms with Gasteiger partial charge in [0, 0.05) is 29.4 Å². The van der Waals surface area contributed by atoms with E-state index in [2.05, 4.69) is 68.4 Å². The highest BCUT2D eigenvalue weighted by Crippen LogP contribution is 2.39. The summed E-state index contributed by atoms with van der Waals surface area (Å²) in [7, 11) is 0. The number of aromatic nitrogens is 4. The number of rotatable bonds is 8. The van der Waals surface area contributed by atoms with Crippen molar-refractivity contribution in [3.8, 4) is 6.01 Å². The Hall–Kier alpha value is -4.24. The van der Waals surface area contributed by atoms with E-state index in [9.17, 15) is 0 Å². The fraction of sp³-hybridized carbons (Fsp3) is 0.412. The summed E-state index contributed by atoms with van der Waals surface area (Å²) in [5.41, 5.74) is 6.21. The van der Waals surface area contributed by atoms with Crippen LogP contribution in [0.25, 0.3) is 22.0 Å². The van der Waals surface area contributed by atoms with Gasteiger partial charge in [0.15, 0.2) is 11.2 Å². The molecule has 43 heavy (non-hydrogen) atoms. The first kappa shape index (κ1) is 26.4. The summed E-state index contributed by atoms with van der Waals surface area (Å²) in [6.07, 6.45) is 8.40. The first-order chi connectivity index (χ1) is 21.2. The number of pyridine rings is 1. The van der Waals surface area contributed by atoms with Crippen LogP contribution in [-0.2, 0) is 25.9 Å². The molecule has 0 spiro atoms. The summed E-state index contributed by atoms with van der Waals surface area (Å²) in [4.78, 5) is 23.9. The van der Waals surface area contributed by atoms with Gasteiger partial charge in [-0.3, -0.25) is 4.90 Å². The molecule has 6 heterocycles. The highest BCUT2D eigenvalue weighted by molar-refractivity contribution is 5.97. The highest BCUT2D eigenvalue weighted by atomic mass is 16.5. The van der Waals surface area contributed by atoms with Crippen LogP contribution in [-0.4, -0.2) is 56.6 Å². The quantitative estimate of drug-likeness (QED) is 0.242. The second-order valence-corrected chi connectivity index (χ2v) is 12.1. The lowest BCUT2D eigenvalue weighted by Crippen LogP contribution is -2.43. The number of benzene rings is 2. The molecule has 9 heteroatoms. The second kappa shape index (κ2) is 10.8. The predicted molar refractivity (Wildman–Crippen MR) is 168 cm³/mol. The summed E-state index contributed by atoms with van der Waals surface area (Å²) < 4.78 is 12.4. The standard InChI is InChI=1S/C34H37N7O2/c1-2-23-8-3-9-24-10-4-11-27(30(23)24)40-19-13-25-26(21-40)37-33(42-22-34-14-6-17-41(34)18-7-15-34)39-31(25)36-20-29-38-32-28(43-29)12-5-16-35-32/h3-5,8-12,16H,2,6-7,13-15,17-22H2,1H3,(H,36,37,39). The third-order valence-electron chi connectivity index (χ3n) is 9.63. The average Bonchev–Trinajstić information content (AvgIpc) is 3.76. The summed E-state index contributed by atoms with van der Waals surface area (Å²) in [5.74, 6) is 1.38. The molecule has 3 aliphatic heterocycles. The molecule has 0 unspecified atom stereocenters. The van der Waals surface area contributed by atoms with Crippen LogP contribution in [0.1, 0.15) is 55.3 Å². The SMILES string of the molecule is CCc1cccc2cccc(N3CCc4c(nc(OCC56CCCN5CCC6)nc4NCc4nc5ncccc5o4)C3)c12. The molecule has 0 saturated carbocycles. The fourth-order valence-electron chi connectivity index (χ4n) is 7.49. The summed E-state index contributed by atoms with van der Waals surface area (Å²) in [5, 5.41) is 6.14. The maximum absolute atomic E-state index is 6.48. The zero-order valence-electron chi connectivity index (χ0n) is 24.7. The number of anilines is 2. The molecule has 2 aromatic carbocycles. The molecule has 220 valence electrons. The van der Waals surface area contributed by atoms with Crippen LogP contribution in [0, 0.1) is 0 Å². The van der Waals surface area contributed by atoms with Gasteiger partial charge in [-0.2, -0.15) is 15.0 Å². The van der Waals surface area contributed by atoms with Gasteiger partial charge in [0.1, 0.15) is 12.4 Å². The number of fused-ring (bicyclic) bond motifs is 4. The number of nitrogens with one attached hydrogen (secondary N) is 1. The van der Waals surface area contributed by atoms with Crippen molar-refractivity contribution in [1.29, 1.82) is 0 Å². The van der Waals surface area contributed by atoms with Crippen LogP contribution in [0.15, 0.2) is 59.1 Å². The van der Waals surface area contributed by atoms with E-state index in [0.29, 0.717) is 42.8 Å². The molecule has 2 saturated heterocycles. The van der Waals surface area contributed by atoms with Crippen LogP contribution in [0.3, 0.4) is 0 Å². The molecule has 2 fully saturated rings. The lowest BCUT2D eigenvalue weighted by Gasteiger charge is -2.33. The Bertz CT molecular complexity index is 1750. The van der Waals surface area contributed by atoms with Gasteiger partial charge in [-0.15, -0.1) is 0 Å². The molecule has 3 aromatic heterocycles. The zero-order valence-corrected chi connectivity index (χ0v) is 24.7. The minimum atomic E-state index is 0.129. The minimum Gasteiger partial charge on any atom is -0.461 e. The summed E-state index contributed by atoms with van der Waals surface area (Å²) in [6, 6.07) is 17.4. The zero-order chi connectivity index (χ0) is 28.8. The van der Waals surface area contributed by atoms with E-state index >= 15 is 0 Å². The third kappa shape index (κ3) is 4.76. The Balaban J connectivity index is 1.12. The number of ether oxygens (including phenoxy) is 1. The van der Waals surface area contributed by atoms with E-state index < -0.39 is 0 Å². The first-order valence-electron chi connectivity index (χ1n) is 15.7. The van der Waals surface area contributed by atoms with Gasteiger partial charge in [-0.05, 0) is 80.8 Å². The molecule has 1 N–H and O–H groups in total. The largest absolute Gasteiger partial charge is 0.461 e. The van der Waals surface area contributed by atoms with Gasteiger partial charge in [0.05, 0.1) is 24.3 Å². The van der Waals surface area contributed by atoms with Crippen LogP contribution in [0.4, 0.5) is 11.5 Å². The Morgan fingerprint density at radius 3 is 2.67 bits per heavy atom. The number of nitrogens with zero attached hydrogens (tertiary/aromatic N) is 6. The van der Waals surface area contributed by atoms with Crippen molar-refractivity contribution in [2.24, 2.45) is 0 Å². The predicted octanol–water partition coefficient (Wildman–Crippen LogP) is 5.91. The monoisotopic (exact) mass is 575 g/mol. The number of aryl methyl sites for hydroxylation is 1. The van der Waals surface area contributed by atoms with Crippen molar-refractivity contribution in [3.63, 3.8) is 0 Å². The van der Waals surface area contributed by atoms with Crippen molar-refractivity contribution in [2.45, 2.75) is 64.1 Å². The molecular weight excluding hydrogens is 538 g/mol. The van der Waals surface area contributed by atoms with Crippen molar-refractivity contribution < 1.29 is 9.15 Å². The molecule has 0 amide bonds. The van der Waals surface area contributed by atoms with Gasteiger partial charge in [0.2, 0.25) is 5.89 Å². The molecule has 0 atom stereocenters. The van der Waals surface area contributed by atoms with Crippen molar-refractivity contribution in [3.05, 3.63) is 77.4 Å². The topological polar surface area (TPSA) is 92.4 Å². The van der Waals surface area contributed by atoms with E-state index in [4.69, 9.17) is 19.1 Å². The molecule has 0 bridgehead atoms. The highest BCUT2D eigenvalue weighted by Gasteiger charge is 2.45. The molecule has 9 nitrogen and oxygen atoms in total. The van der Waals surface area contributed by atoms with Gasteiger partial charge >= 0.3 is 6.01 Å². The second-order valence-electron chi connectivity index (χ2n) is 12.1. The smallest absolute Gasteiger partial charge is 0.318 e. The minimum absolute atomic E-state index is 0.129. The van der Waals surface area contributed by atoms with Crippen LogP contribution >= 0.6 is 0 Å². The first-order valence-corrected chi connectivity index (χ1v) is 15.7. The lowest BCUT2D eigenvalue weighted by atomic mass is 9.95. The van der Waals surface area contributed by atoms with Crippen molar-refractivity contribution in [2.75, 3.05) is 36.5 Å². The van der Waals surface area contributed by atoms with Gasteiger partial charge < -0.3 is 19.4 Å².